The zero-order chi connectivity index (χ0) is 12.8. The van der Waals surface area contributed by atoms with Crippen LogP contribution in [0.25, 0.3) is 0 Å². The van der Waals surface area contributed by atoms with Crippen LogP contribution in [0.2, 0.25) is 0 Å². The summed E-state index contributed by atoms with van der Waals surface area (Å²) in [6.07, 6.45) is 4.56. The Hall–Kier alpha value is -1.55. The molecule has 0 unspecified atom stereocenters. The molecule has 0 aliphatic heterocycles. The maximum Gasteiger partial charge on any atom is 0.118 e. The Balaban J connectivity index is 1.84. The zero-order valence-electron chi connectivity index (χ0n) is 10.2. The Morgan fingerprint density at radius 1 is 1.22 bits per heavy atom. The van der Waals surface area contributed by atoms with Crippen LogP contribution in [0.15, 0.2) is 47.2 Å². The van der Waals surface area contributed by atoms with Crippen LogP contribution in [0, 0.1) is 0 Å². The van der Waals surface area contributed by atoms with Crippen molar-refractivity contribution in [3.63, 3.8) is 0 Å². The van der Waals surface area contributed by atoms with Gasteiger partial charge in [0.25, 0.3) is 0 Å². The van der Waals surface area contributed by atoms with Crippen LogP contribution in [0.3, 0.4) is 0 Å². The molecule has 1 aromatic heterocycles. The summed E-state index contributed by atoms with van der Waals surface area (Å²) in [5.41, 5.74) is 2.31. The second-order valence-corrected chi connectivity index (χ2v) is 4.83. The van der Waals surface area contributed by atoms with E-state index in [0.717, 1.165) is 28.9 Å². The molecule has 0 radical (unpaired) electrons. The summed E-state index contributed by atoms with van der Waals surface area (Å²) >= 11 is 3.40. The van der Waals surface area contributed by atoms with Crippen molar-refractivity contribution in [3.05, 3.63) is 52.8 Å². The predicted octanol–water partition coefficient (Wildman–Crippen LogP) is 3.51. The molecule has 0 spiro atoms. The molecule has 2 rings (SSSR count). The minimum Gasteiger partial charge on any atom is -0.497 e. The Morgan fingerprint density at radius 2 is 2.00 bits per heavy atom. The monoisotopic (exact) mass is 306 g/mol. The molecule has 0 saturated carbocycles. The van der Waals surface area contributed by atoms with Crippen molar-refractivity contribution in [1.82, 2.24) is 4.98 Å². The summed E-state index contributed by atoms with van der Waals surface area (Å²) in [5, 5.41) is 3.34. The van der Waals surface area contributed by atoms with E-state index in [1.165, 1.54) is 5.56 Å². The van der Waals surface area contributed by atoms with Crippen molar-refractivity contribution in [3.8, 4) is 5.75 Å². The average molecular weight is 307 g/mol. The first kappa shape index (κ1) is 12.9. The largest absolute Gasteiger partial charge is 0.497 e. The number of anilines is 1. The number of rotatable bonds is 5. The van der Waals surface area contributed by atoms with E-state index in [-0.39, 0.29) is 0 Å². The molecule has 4 heteroatoms. The number of hydrogen-bond donors (Lipinski definition) is 1. The molecule has 2 aromatic rings. The Labute approximate surface area is 115 Å². The van der Waals surface area contributed by atoms with E-state index in [2.05, 4.69) is 38.4 Å². The highest BCUT2D eigenvalue weighted by Gasteiger charge is 1.96. The number of methoxy groups -OCH3 is 1. The number of aromatic nitrogens is 1. The van der Waals surface area contributed by atoms with E-state index in [1.54, 1.807) is 13.3 Å². The summed E-state index contributed by atoms with van der Waals surface area (Å²) in [4.78, 5) is 4.11. The van der Waals surface area contributed by atoms with Crippen LogP contribution in [-0.2, 0) is 6.42 Å². The van der Waals surface area contributed by atoms with Gasteiger partial charge in [0.15, 0.2) is 0 Å². The van der Waals surface area contributed by atoms with Gasteiger partial charge in [-0.15, -0.1) is 0 Å². The van der Waals surface area contributed by atoms with Gasteiger partial charge < -0.3 is 10.1 Å². The fraction of sp³-hybridized carbons (Fsp3) is 0.214. The molecule has 1 heterocycles. The van der Waals surface area contributed by atoms with Crippen molar-refractivity contribution in [1.29, 1.82) is 0 Å². The van der Waals surface area contributed by atoms with Crippen molar-refractivity contribution in [2.75, 3.05) is 19.0 Å². The molecule has 1 aromatic carbocycles. The fourth-order valence-corrected chi connectivity index (χ4v) is 2.02. The van der Waals surface area contributed by atoms with Gasteiger partial charge in [-0.1, -0.05) is 12.1 Å². The number of nitrogens with one attached hydrogen (secondary N) is 1. The molecule has 0 aliphatic carbocycles. The lowest BCUT2D eigenvalue weighted by molar-refractivity contribution is 0.414. The molecule has 0 bridgehead atoms. The van der Waals surface area contributed by atoms with Gasteiger partial charge in [0, 0.05) is 17.2 Å². The summed E-state index contributed by atoms with van der Waals surface area (Å²) in [7, 11) is 1.68. The zero-order valence-corrected chi connectivity index (χ0v) is 11.8. The lowest BCUT2D eigenvalue weighted by Crippen LogP contribution is -2.05. The van der Waals surface area contributed by atoms with Crippen LogP contribution in [0.4, 0.5) is 5.69 Å². The molecule has 0 atom stereocenters. The maximum atomic E-state index is 5.13. The molecule has 0 fully saturated rings. The van der Waals surface area contributed by atoms with Crippen molar-refractivity contribution in [2.24, 2.45) is 0 Å². The average Bonchev–Trinajstić information content (AvgIpc) is 2.40. The smallest absolute Gasteiger partial charge is 0.118 e. The molecule has 94 valence electrons. The number of ether oxygens (including phenoxy) is 1. The molecular formula is C14H15BrN2O. The minimum atomic E-state index is 0.879. The van der Waals surface area contributed by atoms with Crippen LogP contribution in [0.5, 0.6) is 5.75 Å². The van der Waals surface area contributed by atoms with Gasteiger partial charge in [0.05, 0.1) is 19.0 Å². The van der Waals surface area contributed by atoms with E-state index in [9.17, 15) is 0 Å². The third-order valence-corrected chi connectivity index (χ3v) is 3.04. The molecule has 0 saturated heterocycles. The highest BCUT2D eigenvalue weighted by atomic mass is 79.9. The van der Waals surface area contributed by atoms with E-state index in [1.807, 2.05) is 24.4 Å². The highest BCUT2D eigenvalue weighted by Crippen LogP contribution is 2.14. The Morgan fingerprint density at radius 3 is 2.67 bits per heavy atom. The lowest BCUT2D eigenvalue weighted by atomic mass is 10.1. The molecule has 1 N–H and O–H groups in total. The van der Waals surface area contributed by atoms with Crippen molar-refractivity contribution in [2.45, 2.75) is 6.42 Å². The summed E-state index contributed by atoms with van der Waals surface area (Å²) in [6, 6.07) is 10.1. The second-order valence-electron chi connectivity index (χ2n) is 3.92. The standard InChI is InChI=1S/C14H15BrN2O/c1-18-14-4-2-11(3-5-14)6-7-17-13-8-12(15)9-16-10-13/h2-5,8-10,17H,6-7H2,1H3. The van der Waals surface area contributed by atoms with Gasteiger partial charge in [0.1, 0.15) is 5.75 Å². The van der Waals surface area contributed by atoms with Crippen LogP contribution >= 0.6 is 15.9 Å². The van der Waals surface area contributed by atoms with Gasteiger partial charge in [-0.05, 0) is 46.1 Å². The van der Waals surface area contributed by atoms with Crippen molar-refractivity contribution < 1.29 is 4.74 Å². The Kier molecular flexibility index (Phi) is 4.59. The molecule has 18 heavy (non-hydrogen) atoms. The van der Waals surface area contributed by atoms with Crippen LogP contribution in [-0.4, -0.2) is 18.6 Å². The third-order valence-electron chi connectivity index (χ3n) is 2.61. The molecule has 0 amide bonds. The first-order valence-corrected chi connectivity index (χ1v) is 6.54. The van der Waals surface area contributed by atoms with Gasteiger partial charge in [0.2, 0.25) is 0 Å². The topological polar surface area (TPSA) is 34.1 Å². The summed E-state index contributed by atoms with van der Waals surface area (Å²) < 4.78 is 6.11. The summed E-state index contributed by atoms with van der Waals surface area (Å²) in [6.45, 7) is 0.879. The summed E-state index contributed by atoms with van der Waals surface area (Å²) in [5.74, 6) is 0.892. The SMILES string of the molecule is COc1ccc(CCNc2cncc(Br)c2)cc1. The number of nitrogens with zero attached hydrogens (tertiary/aromatic N) is 1. The van der Waals surface area contributed by atoms with Gasteiger partial charge in [-0.3, -0.25) is 4.98 Å². The van der Waals surface area contributed by atoms with E-state index in [0.29, 0.717) is 0 Å². The molecular weight excluding hydrogens is 292 g/mol. The molecule has 3 nitrogen and oxygen atoms in total. The quantitative estimate of drug-likeness (QED) is 0.918. The number of pyridine rings is 1. The van der Waals surface area contributed by atoms with E-state index >= 15 is 0 Å². The lowest BCUT2D eigenvalue weighted by Gasteiger charge is -2.07. The third kappa shape index (κ3) is 3.74. The normalized spacial score (nSPS) is 10.1. The number of hydrogen-bond acceptors (Lipinski definition) is 3. The van der Waals surface area contributed by atoms with Crippen LogP contribution in [0.1, 0.15) is 5.56 Å². The highest BCUT2D eigenvalue weighted by molar-refractivity contribution is 9.10. The number of halogens is 1. The molecule has 0 aliphatic rings. The van der Waals surface area contributed by atoms with Gasteiger partial charge >= 0.3 is 0 Å². The maximum absolute atomic E-state index is 5.13. The Bertz CT molecular complexity index is 499. The van der Waals surface area contributed by atoms with E-state index < -0.39 is 0 Å². The van der Waals surface area contributed by atoms with Crippen molar-refractivity contribution >= 4 is 21.6 Å². The minimum absolute atomic E-state index is 0.879. The van der Waals surface area contributed by atoms with E-state index in [4.69, 9.17) is 4.74 Å². The second kappa shape index (κ2) is 6.40. The first-order valence-electron chi connectivity index (χ1n) is 5.75. The van der Waals surface area contributed by atoms with Gasteiger partial charge in [-0.2, -0.15) is 0 Å². The van der Waals surface area contributed by atoms with Gasteiger partial charge in [-0.25, -0.2) is 0 Å². The predicted molar refractivity (Wildman–Crippen MR) is 77.1 cm³/mol. The number of benzene rings is 1. The first-order chi connectivity index (χ1) is 8.78. The fourth-order valence-electron chi connectivity index (χ4n) is 1.65. The van der Waals surface area contributed by atoms with Crippen LogP contribution < -0.4 is 10.1 Å².